The molecule has 2 unspecified atom stereocenters. The summed E-state index contributed by atoms with van der Waals surface area (Å²) in [6, 6.07) is 3.28. The topological polar surface area (TPSA) is 72.9 Å². The Kier molecular flexibility index (Phi) is 8.64. The molecule has 7 nitrogen and oxygen atoms in total. The lowest BCUT2D eigenvalue weighted by Crippen LogP contribution is -2.44. The second-order valence-electron chi connectivity index (χ2n) is 7.37. The number of carbonyl (C=O) groups is 1. The Morgan fingerprint density at radius 1 is 1.24 bits per heavy atom. The van der Waals surface area contributed by atoms with Crippen molar-refractivity contribution < 1.29 is 36.6 Å². The number of amides is 1. The quantitative estimate of drug-likeness (QED) is 0.410. The second-order valence-corrected chi connectivity index (χ2v) is 8.23. The van der Waals surface area contributed by atoms with Crippen LogP contribution in [0.2, 0.25) is 0 Å². The van der Waals surface area contributed by atoms with Gasteiger partial charge in [0.25, 0.3) is 0 Å². The Morgan fingerprint density at radius 3 is 2.61 bits per heavy atom. The zero-order valence-corrected chi connectivity index (χ0v) is 18.7. The minimum absolute atomic E-state index is 0.0856. The first-order valence-corrected chi connectivity index (χ1v) is 10.9. The van der Waals surface area contributed by atoms with Crippen LogP contribution in [0.4, 0.5) is 22.7 Å². The van der Waals surface area contributed by atoms with E-state index in [1.54, 1.807) is 0 Å². The maximum Gasteiger partial charge on any atom is 0.387 e. The van der Waals surface area contributed by atoms with Gasteiger partial charge < -0.3 is 14.2 Å². The first-order chi connectivity index (χ1) is 15.7. The number of halogens is 4. The molecule has 1 N–H and O–H groups in total. The average molecular weight is 489 g/mol. The van der Waals surface area contributed by atoms with E-state index in [0.29, 0.717) is 11.7 Å². The highest BCUT2D eigenvalue weighted by atomic mass is 32.1. The molecule has 2 aromatic rings. The molecule has 0 saturated carbocycles. The van der Waals surface area contributed by atoms with E-state index >= 15 is 0 Å². The Bertz CT molecular complexity index is 963. The standard InChI is InChI=1S/C21H23F4N3O4S/c1-12-8-28(9-13(2)30-12)10-15-11-33-21(26-15)27-18(29)6-4-14-3-5-16(31-19(22)23)7-17(14)32-20(24)25/h3-7,11-13,19-20H,8-10H2,1-2H3,(H,26,27,29)/b6-4+. The van der Waals surface area contributed by atoms with Crippen molar-refractivity contribution in [2.75, 3.05) is 18.4 Å². The van der Waals surface area contributed by atoms with E-state index in [1.807, 2.05) is 19.2 Å². The molecule has 2 atom stereocenters. The molecule has 0 radical (unpaired) electrons. The second kappa shape index (κ2) is 11.4. The number of hydrogen-bond acceptors (Lipinski definition) is 7. The van der Waals surface area contributed by atoms with Crippen LogP contribution in [0.5, 0.6) is 11.5 Å². The van der Waals surface area contributed by atoms with Gasteiger partial charge >= 0.3 is 13.2 Å². The first kappa shape index (κ1) is 24.9. The van der Waals surface area contributed by atoms with Crippen LogP contribution in [0, 0.1) is 0 Å². The van der Waals surface area contributed by atoms with Gasteiger partial charge in [-0.25, -0.2) is 4.98 Å². The fourth-order valence-corrected chi connectivity index (χ4v) is 4.12. The van der Waals surface area contributed by atoms with Gasteiger partial charge in [-0.15, -0.1) is 11.3 Å². The van der Waals surface area contributed by atoms with Crippen LogP contribution < -0.4 is 14.8 Å². The number of rotatable bonds is 9. The number of nitrogens with zero attached hydrogens (tertiary/aromatic N) is 2. The number of benzene rings is 1. The van der Waals surface area contributed by atoms with Crippen LogP contribution in [0.15, 0.2) is 29.7 Å². The summed E-state index contributed by atoms with van der Waals surface area (Å²) in [6.07, 6.45) is 2.59. The van der Waals surface area contributed by atoms with Gasteiger partial charge in [0, 0.05) is 42.7 Å². The minimum atomic E-state index is -3.18. The van der Waals surface area contributed by atoms with Crippen molar-refractivity contribution in [3.63, 3.8) is 0 Å². The minimum Gasteiger partial charge on any atom is -0.435 e. The number of aromatic nitrogens is 1. The van der Waals surface area contributed by atoms with Crippen LogP contribution >= 0.6 is 11.3 Å². The van der Waals surface area contributed by atoms with Crippen molar-refractivity contribution in [3.05, 3.63) is 40.9 Å². The number of carbonyl (C=O) groups excluding carboxylic acids is 1. The molecule has 1 fully saturated rings. The fourth-order valence-electron chi connectivity index (χ4n) is 3.42. The monoisotopic (exact) mass is 489 g/mol. The van der Waals surface area contributed by atoms with Gasteiger partial charge in [0.2, 0.25) is 5.91 Å². The zero-order chi connectivity index (χ0) is 24.0. The van der Waals surface area contributed by atoms with Crippen molar-refractivity contribution in [2.45, 2.75) is 45.8 Å². The molecule has 1 aliphatic rings. The number of anilines is 1. The van der Waals surface area contributed by atoms with E-state index in [1.165, 1.54) is 23.5 Å². The summed E-state index contributed by atoms with van der Waals surface area (Å²) in [5.74, 6) is -1.29. The molecule has 1 aliphatic heterocycles. The first-order valence-electron chi connectivity index (χ1n) is 10.0. The van der Waals surface area contributed by atoms with Crippen LogP contribution in [0.1, 0.15) is 25.1 Å². The van der Waals surface area contributed by atoms with Crippen LogP contribution in [-0.4, -0.2) is 54.3 Å². The van der Waals surface area contributed by atoms with Crippen LogP contribution in [-0.2, 0) is 16.1 Å². The number of hydrogen-bond donors (Lipinski definition) is 1. The third kappa shape index (κ3) is 7.98. The van der Waals surface area contributed by atoms with Crippen LogP contribution in [0.3, 0.4) is 0 Å². The summed E-state index contributed by atoms with van der Waals surface area (Å²) in [7, 11) is 0. The number of nitrogens with one attached hydrogen (secondary N) is 1. The van der Waals surface area contributed by atoms with Crippen molar-refractivity contribution in [1.82, 2.24) is 9.88 Å². The predicted molar refractivity (Wildman–Crippen MR) is 115 cm³/mol. The highest BCUT2D eigenvalue weighted by molar-refractivity contribution is 7.13. The van der Waals surface area contributed by atoms with Gasteiger partial charge in [-0.05, 0) is 32.1 Å². The van der Waals surface area contributed by atoms with Gasteiger partial charge in [0.1, 0.15) is 11.5 Å². The Hall–Kier alpha value is -2.70. The molecule has 1 aromatic carbocycles. The SMILES string of the molecule is CC1CN(Cc2csc(NC(=O)/C=C/c3ccc(OC(F)F)cc3OC(F)F)n2)CC(C)O1. The van der Waals surface area contributed by atoms with E-state index in [-0.39, 0.29) is 23.5 Å². The molecule has 12 heteroatoms. The summed E-state index contributed by atoms with van der Waals surface area (Å²) in [5, 5.41) is 4.85. The molecule has 1 aromatic heterocycles. The highest BCUT2D eigenvalue weighted by Gasteiger charge is 2.22. The largest absolute Gasteiger partial charge is 0.435 e. The average Bonchev–Trinajstić information content (AvgIpc) is 3.12. The molecule has 0 aliphatic carbocycles. The summed E-state index contributed by atoms with van der Waals surface area (Å²) in [4.78, 5) is 18.9. The van der Waals surface area contributed by atoms with E-state index < -0.39 is 24.9 Å². The van der Waals surface area contributed by atoms with Gasteiger partial charge in [-0.2, -0.15) is 17.6 Å². The van der Waals surface area contributed by atoms with E-state index in [9.17, 15) is 22.4 Å². The Labute approximate surface area is 192 Å². The van der Waals surface area contributed by atoms with E-state index in [2.05, 4.69) is 24.7 Å². The van der Waals surface area contributed by atoms with Gasteiger partial charge in [0.15, 0.2) is 5.13 Å². The Balaban J connectivity index is 1.61. The smallest absolute Gasteiger partial charge is 0.387 e. The van der Waals surface area contributed by atoms with Crippen LogP contribution in [0.25, 0.3) is 6.08 Å². The number of ether oxygens (including phenoxy) is 3. The van der Waals surface area contributed by atoms with E-state index in [0.717, 1.165) is 37.0 Å². The van der Waals surface area contributed by atoms with Crippen molar-refractivity contribution in [2.24, 2.45) is 0 Å². The van der Waals surface area contributed by atoms with Crippen molar-refractivity contribution in [3.8, 4) is 11.5 Å². The third-order valence-corrected chi connectivity index (χ3v) is 5.31. The molecule has 1 saturated heterocycles. The summed E-state index contributed by atoms with van der Waals surface area (Å²) < 4.78 is 64.3. The molecule has 1 amide bonds. The molecule has 3 rings (SSSR count). The summed E-state index contributed by atoms with van der Waals surface area (Å²) in [6.45, 7) is -0.0690. The lowest BCUT2D eigenvalue weighted by Gasteiger charge is -2.34. The lowest BCUT2D eigenvalue weighted by molar-refractivity contribution is -0.111. The number of thiazole rings is 1. The molecule has 180 valence electrons. The molecular formula is C21H23F4N3O4S. The highest BCUT2D eigenvalue weighted by Crippen LogP contribution is 2.28. The molecule has 2 heterocycles. The molecule has 0 spiro atoms. The molecule has 33 heavy (non-hydrogen) atoms. The number of morpholine rings is 1. The lowest BCUT2D eigenvalue weighted by atomic mass is 10.1. The zero-order valence-electron chi connectivity index (χ0n) is 17.8. The maximum atomic E-state index is 12.7. The summed E-state index contributed by atoms with van der Waals surface area (Å²) >= 11 is 1.26. The summed E-state index contributed by atoms with van der Waals surface area (Å²) in [5.41, 5.74) is 0.894. The predicted octanol–water partition coefficient (Wildman–Crippen LogP) is 4.61. The third-order valence-electron chi connectivity index (χ3n) is 4.50. The fraction of sp³-hybridized carbons (Fsp3) is 0.429. The van der Waals surface area contributed by atoms with Gasteiger partial charge in [-0.3, -0.25) is 15.0 Å². The van der Waals surface area contributed by atoms with Crippen molar-refractivity contribution >= 4 is 28.5 Å². The number of alkyl halides is 4. The molecular weight excluding hydrogens is 466 g/mol. The maximum absolute atomic E-state index is 12.7. The van der Waals surface area contributed by atoms with Gasteiger partial charge in [0.05, 0.1) is 17.9 Å². The van der Waals surface area contributed by atoms with Crippen molar-refractivity contribution in [1.29, 1.82) is 0 Å². The van der Waals surface area contributed by atoms with E-state index in [4.69, 9.17) is 4.74 Å². The normalized spacial score (nSPS) is 19.4. The Morgan fingerprint density at radius 2 is 1.94 bits per heavy atom. The molecule has 0 bridgehead atoms. The van der Waals surface area contributed by atoms with Gasteiger partial charge in [-0.1, -0.05) is 0 Å².